The van der Waals surface area contributed by atoms with Crippen LogP contribution in [0.3, 0.4) is 0 Å². The predicted molar refractivity (Wildman–Crippen MR) is 181 cm³/mol. The van der Waals surface area contributed by atoms with Crippen LogP contribution in [0.25, 0.3) is 80.5 Å². The second-order valence-corrected chi connectivity index (χ2v) is 12.6. The molecule has 0 radical (unpaired) electrons. The SMILES string of the molecule is c1ccc(-c2cccc(-c3nc(-c4ccccc4)nc(-n4c5ccccc5c5sc6c7ccccc7sc6c54)n3)c2)cc1. The largest absolute Gasteiger partial charge is 0.275 e. The molecular formula is C37H22N4S2. The van der Waals surface area contributed by atoms with Gasteiger partial charge in [-0.1, -0.05) is 115 Å². The zero-order valence-corrected chi connectivity index (χ0v) is 24.4. The lowest BCUT2D eigenvalue weighted by atomic mass is 10.0. The van der Waals surface area contributed by atoms with Gasteiger partial charge in [-0.15, -0.1) is 22.7 Å². The lowest BCUT2D eigenvalue weighted by Crippen LogP contribution is -2.06. The molecule has 0 aliphatic carbocycles. The Balaban J connectivity index is 1.35. The lowest BCUT2D eigenvalue weighted by molar-refractivity contribution is 0.956. The van der Waals surface area contributed by atoms with E-state index in [0.29, 0.717) is 17.6 Å². The minimum atomic E-state index is 0.623. The predicted octanol–water partition coefficient (Wildman–Crippen LogP) is 10.4. The summed E-state index contributed by atoms with van der Waals surface area (Å²) >= 11 is 3.70. The number of hydrogen-bond donors (Lipinski definition) is 0. The fourth-order valence-corrected chi connectivity index (χ4v) is 8.66. The Hall–Kier alpha value is -5.17. The molecule has 0 spiro atoms. The molecule has 9 rings (SSSR count). The second kappa shape index (κ2) is 9.70. The van der Waals surface area contributed by atoms with E-state index in [1.165, 1.54) is 29.6 Å². The van der Waals surface area contributed by atoms with Crippen molar-refractivity contribution in [2.75, 3.05) is 0 Å². The average Bonchev–Trinajstić information content (AvgIpc) is 3.73. The molecule has 0 unspecified atom stereocenters. The van der Waals surface area contributed by atoms with E-state index in [2.05, 4.69) is 114 Å². The molecule has 43 heavy (non-hydrogen) atoms. The Morgan fingerprint density at radius 1 is 0.442 bits per heavy atom. The topological polar surface area (TPSA) is 43.6 Å². The van der Waals surface area contributed by atoms with Gasteiger partial charge in [-0.05, 0) is 29.3 Å². The molecule has 202 valence electrons. The molecule has 4 aromatic heterocycles. The number of aromatic nitrogens is 4. The first kappa shape index (κ1) is 24.4. The second-order valence-electron chi connectivity index (χ2n) is 10.5. The van der Waals surface area contributed by atoms with Crippen molar-refractivity contribution in [1.82, 2.24) is 19.5 Å². The van der Waals surface area contributed by atoms with E-state index < -0.39 is 0 Å². The van der Waals surface area contributed by atoms with Crippen molar-refractivity contribution in [3.63, 3.8) is 0 Å². The van der Waals surface area contributed by atoms with Crippen LogP contribution in [-0.2, 0) is 0 Å². The third-order valence-corrected chi connectivity index (χ3v) is 10.4. The molecule has 4 nitrogen and oxygen atoms in total. The molecule has 4 heterocycles. The summed E-state index contributed by atoms with van der Waals surface area (Å²) in [5, 5.41) is 2.52. The van der Waals surface area contributed by atoms with E-state index in [0.717, 1.165) is 33.3 Å². The summed E-state index contributed by atoms with van der Waals surface area (Å²) in [4.78, 5) is 15.4. The number of thiophene rings is 2. The van der Waals surface area contributed by atoms with Gasteiger partial charge >= 0.3 is 0 Å². The van der Waals surface area contributed by atoms with Crippen molar-refractivity contribution in [2.24, 2.45) is 0 Å². The summed E-state index contributed by atoms with van der Waals surface area (Å²) in [6.45, 7) is 0. The van der Waals surface area contributed by atoms with E-state index >= 15 is 0 Å². The number of nitrogens with zero attached hydrogens (tertiary/aromatic N) is 4. The maximum Gasteiger partial charge on any atom is 0.238 e. The Morgan fingerprint density at radius 2 is 1.07 bits per heavy atom. The van der Waals surface area contributed by atoms with Gasteiger partial charge in [0.05, 0.1) is 25.1 Å². The van der Waals surface area contributed by atoms with Crippen molar-refractivity contribution in [3.05, 3.63) is 133 Å². The standard InChI is InChI=1S/C37H22N4S2/c1-3-12-23(13-4-1)25-16-11-17-26(22-25)36-38-35(24-14-5-2-6-15-24)39-37(40-36)41-29-20-9-7-18-27(29)32-31(41)34-33(43-32)28-19-8-10-21-30(28)42-34/h1-22H. The van der Waals surface area contributed by atoms with E-state index in [1.807, 2.05) is 46.9 Å². The molecule has 0 saturated carbocycles. The molecule has 0 atom stereocenters. The summed E-state index contributed by atoms with van der Waals surface area (Å²) in [5.41, 5.74) is 6.45. The highest BCUT2D eigenvalue weighted by atomic mass is 32.1. The van der Waals surface area contributed by atoms with Gasteiger partial charge in [-0.2, -0.15) is 9.97 Å². The molecule has 5 aromatic carbocycles. The summed E-state index contributed by atoms with van der Waals surface area (Å²) in [5.74, 6) is 1.92. The van der Waals surface area contributed by atoms with Crippen LogP contribution in [0.5, 0.6) is 0 Å². The number of para-hydroxylation sites is 1. The van der Waals surface area contributed by atoms with E-state index in [1.54, 1.807) is 0 Å². The summed E-state index contributed by atoms with van der Waals surface area (Å²) < 4.78 is 7.39. The van der Waals surface area contributed by atoms with Gasteiger partial charge in [0.25, 0.3) is 0 Å². The minimum absolute atomic E-state index is 0.623. The first-order valence-electron chi connectivity index (χ1n) is 14.1. The number of hydrogen-bond acceptors (Lipinski definition) is 5. The van der Waals surface area contributed by atoms with Gasteiger partial charge in [0.1, 0.15) is 0 Å². The van der Waals surface area contributed by atoms with E-state index in [4.69, 9.17) is 15.0 Å². The number of fused-ring (bicyclic) bond motifs is 7. The fraction of sp³-hybridized carbons (Fsp3) is 0. The van der Waals surface area contributed by atoms with Crippen LogP contribution < -0.4 is 0 Å². The summed E-state index contributed by atoms with van der Waals surface area (Å²) in [6.07, 6.45) is 0. The molecular weight excluding hydrogens is 565 g/mol. The summed E-state index contributed by atoms with van der Waals surface area (Å²) in [6, 6.07) is 46.3. The molecule has 0 fully saturated rings. The minimum Gasteiger partial charge on any atom is -0.275 e. The molecule has 0 saturated heterocycles. The van der Waals surface area contributed by atoms with Gasteiger partial charge in [-0.3, -0.25) is 4.57 Å². The molecule has 0 amide bonds. The third-order valence-electron chi connectivity index (χ3n) is 7.88. The Morgan fingerprint density at radius 3 is 1.88 bits per heavy atom. The molecule has 0 aliphatic heterocycles. The van der Waals surface area contributed by atoms with Crippen LogP contribution in [0.15, 0.2) is 133 Å². The molecule has 0 N–H and O–H groups in total. The Kier molecular flexibility index (Phi) is 5.51. The first-order chi connectivity index (χ1) is 21.3. The van der Waals surface area contributed by atoms with Gasteiger partial charge in [-0.25, -0.2) is 4.98 Å². The fourth-order valence-electron chi connectivity index (χ4n) is 5.89. The quantitative estimate of drug-likeness (QED) is 0.206. The van der Waals surface area contributed by atoms with Gasteiger partial charge in [0.15, 0.2) is 11.6 Å². The van der Waals surface area contributed by atoms with Crippen LogP contribution in [0.2, 0.25) is 0 Å². The zero-order chi connectivity index (χ0) is 28.3. The maximum atomic E-state index is 5.20. The highest BCUT2D eigenvalue weighted by molar-refractivity contribution is 7.37. The van der Waals surface area contributed by atoms with E-state index in [-0.39, 0.29) is 0 Å². The highest BCUT2D eigenvalue weighted by Gasteiger charge is 2.23. The van der Waals surface area contributed by atoms with Crippen LogP contribution in [0, 0.1) is 0 Å². The number of benzene rings is 5. The molecule has 6 heteroatoms. The van der Waals surface area contributed by atoms with Crippen molar-refractivity contribution < 1.29 is 0 Å². The van der Waals surface area contributed by atoms with Crippen LogP contribution in [-0.4, -0.2) is 19.5 Å². The van der Waals surface area contributed by atoms with Crippen molar-refractivity contribution in [2.45, 2.75) is 0 Å². The molecule has 9 aromatic rings. The van der Waals surface area contributed by atoms with Crippen LogP contribution >= 0.6 is 22.7 Å². The maximum absolute atomic E-state index is 5.20. The normalized spacial score (nSPS) is 11.7. The van der Waals surface area contributed by atoms with Crippen molar-refractivity contribution in [1.29, 1.82) is 0 Å². The number of rotatable bonds is 4. The Bertz CT molecular complexity index is 2450. The van der Waals surface area contributed by atoms with Gasteiger partial charge < -0.3 is 0 Å². The van der Waals surface area contributed by atoms with Crippen LogP contribution in [0.1, 0.15) is 0 Å². The summed E-state index contributed by atoms with van der Waals surface area (Å²) in [7, 11) is 0. The molecule has 0 aliphatic rings. The first-order valence-corrected chi connectivity index (χ1v) is 15.8. The third kappa shape index (κ3) is 3.91. The Labute approximate surface area is 255 Å². The smallest absolute Gasteiger partial charge is 0.238 e. The highest BCUT2D eigenvalue weighted by Crippen LogP contribution is 2.48. The lowest BCUT2D eigenvalue weighted by Gasteiger charge is -2.11. The zero-order valence-electron chi connectivity index (χ0n) is 22.8. The monoisotopic (exact) mass is 586 g/mol. The van der Waals surface area contributed by atoms with Crippen molar-refractivity contribution in [3.8, 4) is 39.9 Å². The van der Waals surface area contributed by atoms with Crippen LogP contribution in [0.4, 0.5) is 0 Å². The van der Waals surface area contributed by atoms with E-state index in [9.17, 15) is 0 Å². The van der Waals surface area contributed by atoms with Gasteiger partial charge in [0.2, 0.25) is 5.95 Å². The molecule has 0 bridgehead atoms. The average molecular weight is 587 g/mol. The van der Waals surface area contributed by atoms with Gasteiger partial charge in [0, 0.05) is 26.6 Å². The van der Waals surface area contributed by atoms with Crippen molar-refractivity contribution >= 4 is 63.3 Å².